The molecule has 0 saturated carbocycles. The fourth-order valence-electron chi connectivity index (χ4n) is 1.93. The number of benzene rings is 1. The van der Waals surface area contributed by atoms with Gasteiger partial charge in [0.25, 0.3) is 0 Å². The van der Waals surface area contributed by atoms with Gasteiger partial charge in [0.2, 0.25) is 5.91 Å². The largest absolute Gasteiger partial charge is 0.326 e. The SMILES string of the molecule is O=C(CCc1cccs1)Nc1ccc2cn[nH]c2c1. The summed E-state index contributed by atoms with van der Waals surface area (Å²) in [6.45, 7) is 0. The van der Waals surface area contributed by atoms with Crippen LogP contribution in [0.15, 0.2) is 41.9 Å². The zero-order chi connectivity index (χ0) is 13.1. The molecule has 96 valence electrons. The van der Waals surface area contributed by atoms with Gasteiger partial charge in [-0.1, -0.05) is 6.07 Å². The van der Waals surface area contributed by atoms with Crippen LogP contribution in [-0.4, -0.2) is 16.1 Å². The van der Waals surface area contributed by atoms with Crippen molar-refractivity contribution in [1.82, 2.24) is 10.2 Å². The first-order valence-electron chi connectivity index (χ1n) is 6.06. The van der Waals surface area contributed by atoms with Gasteiger partial charge in [0, 0.05) is 22.4 Å². The maximum atomic E-state index is 11.8. The van der Waals surface area contributed by atoms with Gasteiger partial charge in [0.1, 0.15) is 0 Å². The van der Waals surface area contributed by atoms with E-state index in [1.54, 1.807) is 17.5 Å². The highest BCUT2D eigenvalue weighted by Crippen LogP contribution is 2.17. The fourth-order valence-corrected chi connectivity index (χ4v) is 2.64. The molecule has 0 spiro atoms. The van der Waals surface area contributed by atoms with Crippen LogP contribution in [0.3, 0.4) is 0 Å². The quantitative estimate of drug-likeness (QED) is 0.765. The maximum Gasteiger partial charge on any atom is 0.224 e. The Bertz CT molecular complexity index is 688. The molecule has 0 aliphatic rings. The molecule has 2 heterocycles. The molecule has 3 rings (SSSR count). The molecule has 0 radical (unpaired) electrons. The summed E-state index contributed by atoms with van der Waals surface area (Å²) in [5.41, 5.74) is 1.73. The first kappa shape index (κ1) is 11.9. The van der Waals surface area contributed by atoms with Gasteiger partial charge in [-0.3, -0.25) is 9.89 Å². The summed E-state index contributed by atoms with van der Waals surface area (Å²) in [6.07, 6.45) is 3.05. The number of nitrogens with one attached hydrogen (secondary N) is 2. The fraction of sp³-hybridized carbons (Fsp3) is 0.143. The number of hydrogen-bond donors (Lipinski definition) is 2. The van der Waals surface area contributed by atoms with Crippen molar-refractivity contribution < 1.29 is 4.79 Å². The molecule has 0 aliphatic heterocycles. The van der Waals surface area contributed by atoms with Crippen molar-refractivity contribution >= 4 is 33.8 Å². The zero-order valence-corrected chi connectivity index (χ0v) is 11.0. The lowest BCUT2D eigenvalue weighted by Gasteiger charge is -2.04. The van der Waals surface area contributed by atoms with Gasteiger partial charge in [0.15, 0.2) is 0 Å². The topological polar surface area (TPSA) is 57.8 Å². The van der Waals surface area contributed by atoms with Gasteiger partial charge in [-0.05, 0) is 36.1 Å². The number of carbonyl (C=O) groups excluding carboxylic acids is 1. The van der Waals surface area contributed by atoms with E-state index in [-0.39, 0.29) is 5.91 Å². The molecule has 0 fully saturated rings. The first-order valence-corrected chi connectivity index (χ1v) is 6.94. The Morgan fingerprint density at radius 3 is 3.16 bits per heavy atom. The van der Waals surface area contributed by atoms with E-state index in [9.17, 15) is 4.79 Å². The molecule has 0 saturated heterocycles. The standard InChI is InChI=1S/C14H13N3OS/c18-14(6-5-12-2-1-7-19-12)16-11-4-3-10-9-15-17-13(10)8-11/h1-4,7-9H,5-6H2,(H,15,17)(H,16,18). The molecule has 0 bridgehead atoms. The Morgan fingerprint density at radius 2 is 2.32 bits per heavy atom. The Morgan fingerprint density at radius 1 is 1.37 bits per heavy atom. The number of rotatable bonds is 4. The van der Waals surface area contributed by atoms with Crippen LogP contribution in [0.1, 0.15) is 11.3 Å². The Kier molecular flexibility index (Phi) is 3.29. The van der Waals surface area contributed by atoms with Gasteiger partial charge < -0.3 is 5.32 Å². The number of nitrogens with zero attached hydrogens (tertiary/aromatic N) is 1. The molecule has 0 atom stereocenters. The molecular formula is C14H13N3OS. The van der Waals surface area contributed by atoms with Crippen LogP contribution in [0.25, 0.3) is 10.9 Å². The van der Waals surface area contributed by atoms with E-state index in [0.29, 0.717) is 6.42 Å². The van der Waals surface area contributed by atoms with Gasteiger partial charge >= 0.3 is 0 Å². The van der Waals surface area contributed by atoms with Crippen LogP contribution in [-0.2, 0) is 11.2 Å². The number of H-pyrrole nitrogens is 1. The summed E-state index contributed by atoms with van der Waals surface area (Å²) in [5.74, 6) is 0.0345. The Labute approximate surface area is 114 Å². The average Bonchev–Trinajstić information content (AvgIpc) is 3.07. The van der Waals surface area contributed by atoms with Gasteiger partial charge in [-0.25, -0.2) is 0 Å². The summed E-state index contributed by atoms with van der Waals surface area (Å²) >= 11 is 1.68. The molecular weight excluding hydrogens is 258 g/mol. The summed E-state index contributed by atoms with van der Waals surface area (Å²) in [7, 11) is 0. The third-order valence-corrected chi connectivity index (χ3v) is 3.84. The molecule has 4 nitrogen and oxygen atoms in total. The highest BCUT2D eigenvalue weighted by Gasteiger charge is 2.05. The van der Waals surface area contributed by atoms with E-state index in [1.165, 1.54) is 4.88 Å². The highest BCUT2D eigenvalue weighted by atomic mass is 32.1. The van der Waals surface area contributed by atoms with Crippen molar-refractivity contribution in [2.24, 2.45) is 0 Å². The lowest BCUT2D eigenvalue weighted by atomic mass is 10.2. The second-order valence-corrected chi connectivity index (χ2v) is 5.33. The monoisotopic (exact) mass is 271 g/mol. The smallest absolute Gasteiger partial charge is 0.224 e. The van der Waals surface area contributed by atoms with Gasteiger partial charge in [-0.15, -0.1) is 11.3 Å². The molecule has 19 heavy (non-hydrogen) atoms. The van der Waals surface area contributed by atoms with E-state index in [1.807, 2.05) is 29.6 Å². The third-order valence-electron chi connectivity index (χ3n) is 2.90. The second kappa shape index (κ2) is 5.24. The molecule has 3 aromatic rings. The molecule has 5 heteroatoms. The number of aryl methyl sites for hydroxylation is 1. The molecule has 1 aromatic carbocycles. The van der Waals surface area contributed by atoms with Crippen LogP contribution in [0.4, 0.5) is 5.69 Å². The minimum absolute atomic E-state index is 0.0345. The zero-order valence-electron chi connectivity index (χ0n) is 10.2. The molecule has 2 aromatic heterocycles. The van der Waals surface area contributed by atoms with Crippen molar-refractivity contribution in [1.29, 1.82) is 0 Å². The maximum absolute atomic E-state index is 11.8. The minimum Gasteiger partial charge on any atom is -0.326 e. The molecule has 2 N–H and O–H groups in total. The van der Waals surface area contributed by atoms with Crippen molar-refractivity contribution in [2.45, 2.75) is 12.8 Å². The van der Waals surface area contributed by atoms with Crippen LogP contribution in [0.2, 0.25) is 0 Å². The Hall–Kier alpha value is -2.14. The third kappa shape index (κ3) is 2.82. The molecule has 0 unspecified atom stereocenters. The number of aromatic nitrogens is 2. The van der Waals surface area contributed by atoms with Crippen molar-refractivity contribution in [3.05, 3.63) is 46.8 Å². The van der Waals surface area contributed by atoms with Crippen molar-refractivity contribution in [3.63, 3.8) is 0 Å². The summed E-state index contributed by atoms with van der Waals surface area (Å²) in [4.78, 5) is 13.1. The van der Waals surface area contributed by atoms with E-state index in [2.05, 4.69) is 21.6 Å². The Balaban J connectivity index is 1.62. The lowest BCUT2D eigenvalue weighted by molar-refractivity contribution is -0.116. The number of carbonyl (C=O) groups is 1. The summed E-state index contributed by atoms with van der Waals surface area (Å²) in [5, 5.41) is 12.8. The number of thiophene rings is 1. The lowest BCUT2D eigenvalue weighted by Crippen LogP contribution is -2.11. The van der Waals surface area contributed by atoms with Crippen LogP contribution in [0.5, 0.6) is 0 Å². The number of hydrogen-bond acceptors (Lipinski definition) is 3. The van der Waals surface area contributed by atoms with Gasteiger partial charge in [-0.2, -0.15) is 5.10 Å². The highest BCUT2D eigenvalue weighted by molar-refractivity contribution is 7.09. The number of fused-ring (bicyclic) bond motifs is 1. The number of aromatic amines is 1. The van der Waals surface area contributed by atoms with Crippen LogP contribution >= 0.6 is 11.3 Å². The predicted molar refractivity (Wildman–Crippen MR) is 77.4 cm³/mol. The first-order chi connectivity index (χ1) is 9.31. The van der Waals surface area contributed by atoms with Crippen LogP contribution in [0, 0.1) is 0 Å². The van der Waals surface area contributed by atoms with Crippen LogP contribution < -0.4 is 5.32 Å². The van der Waals surface area contributed by atoms with Crippen molar-refractivity contribution in [2.75, 3.05) is 5.32 Å². The summed E-state index contributed by atoms with van der Waals surface area (Å²) < 4.78 is 0. The molecule has 0 aliphatic carbocycles. The minimum atomic E-state index is 0.0345. The second-order valence-electron chi connectivity index (χ2n) is 4.30. The number of amides is 1. The van der Waals surface area contributed by atoms with Crippen molar-refractivity contribution in [3.8, 4) is 0 Å². The predicted octanol–water partition coefficient (Wildman–Crippen LogP) is 3.20. The van der Waals surface area contributed by atoms with E-state index in [4.69, 9.17) is 0 Å². The molecule has 1 amide bonds. The summed E-state index contributed by atoms with van der Waals surface area (Å²) in [6, 6.07) is 9.78. The van der Waals surface area contributed by atoms with E-state index < -0.39 is 0 Å². The normalized spacial score (nSPS) is 10.7. The van der Waals surface area contributed by atoms with E-state index >= 15 is 0 Å². The van der Waals surface area contributed by atoms with E-state index in [0.717, 1.165) is 23.0 Å². The average molecular weight is 271 g/mol. The van der Waals surface area contributed by atoms with Gasteiger partial charge in [0.05, 0.1) is 11.7 Å². The number of anilines is 1.